The summed E-state index contributed by atoms with van der Waals surface area (Å²) in [7, 11) is 2.05. The first-order chi connectivity index (χ1) is 9.65. The van der Waals surface area contributed by atoms with Gasteiger partial charge in [-0.05, 0) is 36.7 Å². The van der Waals surface area contributed by atoms with Gasteiger partial charge >= 0.3 is 0 Å². The molecule has 0 aromatic heterocycles. The van der Waals surface area contributed by atoms with E-state index in [9.17, 15) is 5.11 Å². The van der Waals surface area contributed by atoms with Crippen LogP contribution in [0.25, 0.3) is 0 Å². The van der Waals surface area contributed by atoms with Crippen LogP contribution in [0.4, 0.5) is 0 Å². The lowest BCUT2D eigenvalue weighted by Gasteiger charge is -2.19. The number of hydrogen-bond acceptors (Lipinski definition) is 2. The molecule has 0 fully saturated rings. The van der Waals surface area contributed by atoms with Crippen LogP contribution in [0, 0.1) is 0 Å². The minimum atomic E-state index is -0.405. The first-order valence-electron chi connectivity index (χ1n) is 6.81. The maximum Gasteiger partial charge on any atom is 0.0802 e. The zero-order chi connectivity index (χ0) is 14.4. The molecular weight excluding hydrogens is 270 g/mol. The highest BCUT2D eigenvalue weighted by Gasteiger charge is 2.08. The second-order valence-electron chi connectivity index (χ2n) is 5.08. The summed E-state index contributed by atoms with van der Waals surface area (Å²) in [6.45, 7) is 1.67. The summed E-state index contributed by atoms with van der Waals surface area (Å²) in [5.41, 5.74) is 2.16. The van der Waals surface area contributed by atoms with E-state index in [0.29, 0.717) is 0 Å². The Bertz CT molecular complexity index is 530. The standard InChI is InChI=1S/C17H20ClNO/c1-19(13-14-6-5-9-16(18)12-14)11-10-17(20)15-7-3-2-4-8-15/h2-9,12,17,20H,10-11,13H2,1H3. The molecule has 1 N–H and O–H groups in total. The van der Waals surface area contributed by atoms with Crippen LogP contribution in [0.5, 0.6) is 0 Å². The molecule has 0 aliphatic carbocycles. The normalized spacial score (nSPS) is 12.6. The minimum absolute atomic E-state index is 0.405. The van der Waals surface area contributed by atoms with E-state index in [4.69, 9.17) is 11.6 Å². The van der Waals surface area contributed by atoms with Crippen molar-refractivity contribution >= 4 is 11.6 Å². The third-order valence-corrected chi connectivity index (χ3v) is 3.55. The van der Waals surface area contributed by atoms with Crippen molar-refractivity contribution in [1.82, 2.24) is 4.90 Å². The van der Waals surface area contributed by atoms with Crippen LogP contribution in [0.3, 0.4) is 0 Å². The smallest absolute Gasteiger partial charge is 0.0802 e. The van der Waals surface area contributed by atoms with E-state index in [1.807, 2.05) is 48.5 Å². The van der Waals surface area contributed by atoms with Gasteiger partial charge in [0.2, 0.25) is 0 Å². The second-order valence-corrected chi connectivity index (χ2v) is 5.52. The zero-order valence-corrected chi connectivity index (χ0v) is 12.4. The molecule has 2 aromatic carbocycles. The number of aliphatic hydroxyl groups is 1. The molecule has 0 saturated heterocycles. The molecule has 0 amide bonds. The Kier molecular flexibility index (Phi) is 5.60. The van der Waals surface area contributed by atoms with Crippen molar-refractivity contribution in [1.29, 1.82) is 0 Å². The molecule has 2 aromatic rings. The maximum atomic E-state index is 10.1. The van der Waals surface area contributed by atoms with Crippen molar-refractivity contribution in [2.24, 2.45) is 0 Å². The van der Waals surface area contributed by atoms with Crippen LogP contribution < -0.4 is 0 Å². The SMILES string of the molecule is CN(CCC(O)c1ccccc1)Cc1cccc(Cl)c1. The molecule has 0 saturated carbocycles. The quantitative estimate of drug-likeness (QED) is 0.872. The van der Waals surface area contributed by atoms with E-state index in [0.717, 1.165) is 30.1 Å². The van der Waals surface area contributed by atoms with Gasteiger partial charge in [0.1, 0.15) is 0 Å². The molecule has 106 valence electrons. The average molecular weight is 290 g/mol. The van der Waals surface area contributed by atoms with Crippen molar-refractivity contribution < 1.29 is 5.11 Å². The Hall–Kier alpha value is -1.35. The molecular formula is C17H20ClNO. The predicted octanol–water partition coefficient (Wildman–Crippen LogP) is 3.90. The van der Waals surface area contributed by atoms with Crippen LogP contribution in [0.1, 0.15) is 23.7 Å². The highest BCUT2D eigenvalue weighted by molar-refractivity contribution is 6.30. The maximum absolute atomic E-state index is 10.1. The summed E-state index contributed by atoms with van der Waals surface area (Å²) < 4.78 is 0. The fraction of sp³-hybridized carbons (Fsp3) is 0.294. The van der Waals surface area contributed by atoms with Gasteiger partial charge in [-0.1, -0.05) is 54.1 Å². The molecule has 1 unspecified atom stereocenters. The predicted molar refractivity (Wildman–Crippen MR) is 83.8 cm³/mol. The van der Waals surface area contributed by atoms with Crippen molar-refractivity contribution in [3.05, 3.63) is 70.7 Å². The number of nitrogens with zero attached hydrogens (tertiary/aromatic N) is 1. The van der Waals surface area contributed by atoms with Gasteiger partial charge in [0, 0.05) is 18.1 Å². The van der Waals surface area contributed by atoms with Crippen molar-refractivity contribution in [2.75, 3.05) is 13.6 Å². The van der Waals surface area contributed by atoms with Gasteiger partial charge in [-0.2, -0.15) is 0 Å². The number of hydrogen-bond donors (Lipinski definition) is 1. The first-order valence-corrected chi connectivity index (χ1v) is 7.19. The van der Waals surface area contributed by atoms with Gasteiger partial charge in [-0.15, -0.1) is 0 Å². The Morgan fingerprint density at radius 2 is 1.85 bits per heavy atom. The highest BCUT2D eigenvalue weighted by Crippen LogP contribution is 2.17. The molecule has 0 spiro atoms. The van der Waals surface area contributed by atoms with Gasteiger partial charge in [0.25, 0.3) is 0 Å². The van der Waals surface area contributed by atoms with E-state index in [2.05, 4.69) is 18.0 Å². The lowest BCUT2D eigenvalue weighted by Crippen LogP contribution is -2.20. The van der Waals surface area contributed by atoms with Crippen LogP contribution >= 0.6 is 11.6 Å². The molecule has 0 aliphatic heterocycles. The Morgan fingerprint density at radius 1 is 1.10 bits per heavy atom. The molecule has 1 atom stereocenters. The van der Waals surface area contributed by atoms with E-state index in [-0.39, 0.29) is 0 Å². The molecule has 3 heteroatoms. The molecule has 20 heavy (non-hydrogen) atoms. The van der Waals surface area contributed by atoms with Crippen molar-refractivity contribution in [2.45, 2.75) is 19.1 Å². The summed E-state index contributed by atoms with van der Waals surface area (Å²) in [4.78, 5) is 2.19. The lowest BCUT2D eigenvalue weighted by atomic mass is 10.1. The summed E-state index contributed by atoms with van der Waals surface area (Å²) in [5.74, 6) is 0. The van der Waals surface area contributed by atoms with E-state index >= 15 is 0 Å². The number of aliphatic hydroxyl groups excluding tert-OH is 1. The lowest BCUT2D eigenvalue weighted by molar-refractivity contribution is 0.147. The van der Waals surface area contributed by atoms with Crippen molar-refractivity contribution in [3.8, 4) is 0 Å². The van der Waals surface area contributed by atoms with Crippen LogP contribution in [0.15, 0.2) is 54.6 Å². The zero-order valence-electron chi connectivity index (χ0n) is 11.7. The summed E-state index contributed by atoms with van der Waals surface area (Å²) >= 11 is 5.98. The molecule has 2 nitrogen and oxygen atoms in total. The first kappa shape index (κ1) is 15.0. The second kappa shape index (κ2) is 7.44. The number of halogens is 1. The Balaban J connectivity index is 1.82. The topological polar surface area (TPSA) is 23.5 Å². The van der Waals surface area contributed by atoms with Gasteiger partial charge in [-0.25, -0.2) is 0 Å². The summed E-state index contributed by atoms with van der Waals surface area (Å²) in [6, 6.07) is 17.7. The largest absolute Gasteiger partial charge is 0.388 e. The van der Waals surface area contributed by atoms with Gasteiger partial charge < -0.3 is 10.0 Å². The van der Waals surface area contributed by atoms with Gasteiger partial charge in [0.15, 0.2) is 0 Å². The van der Waals surface area contributed by atoms with Crippen LogP contribution in [0.2, 0.25) is 5.02 Å². The molecule has 0 heterocycles. The Labute approximate surface area is 125 Å². The van der Waals surface area contributed by atoms with E-state index < -0.39 is 6.10 Å². The van der Waals surface area contributed by atoms with Crippen LogP contribution in [-0.4, -0.2) is 23.6 Å². The molecule has 0 aliphatic rings. The third-order valence-electron chi connectivity index (χ3n) is 3.31. The number of rotatable bonds is 6. The monoisotopic (exact) mass is 289 g/mol. The van der Waals surface area contributed by atoms with E-state index in [1.165, 1.54) is 5.56 Å². The highest BCUT2D eigenvalue weighted by atomic mass is 35.5. The molecule has 0 bridgehead atoms. The van der Waals surface area contributed by atoms with Crippen molar-refractivity contribution in [3.63, 3.8) is 0 Å². The summed E-state index contributed by atoms with van der Waals surface area (Å²) in [6.07, 6.45) is 0.319. The average Bonchev–Trinajstić information content (AvgIpc) is 2.46. The van der Waals surface area contributed by atoms with Crippen LogP contribution in [-0.2, 0) is 6.54 Å². The number of benzene rings is 2. The fourth-order valence-electron chi connectivity index (χ4n) is 2.21. The molecule has 0 radical (unpaired) electrons. The Morgan fingerprint density at radius 3 is 2.55 bits per heavy atom. The van der Waals surface area contributed by atoms with Gasteiger partial charge in [-0.3, -0.25) is 0 Å². The summed E-state index contributed by atoms with van der Waals surface area (Å²) in [5, 5.41) is 10.9. The fourth-order valence-corrected chi connectivity index (χ4v) is 2.42. The van der Waals surface area contributed by atoms with Gasteiger partial charge in [0.05, 0.1) is 6.10 Å². The van der Waals surface area contributed by atoms with E-state index in [1.54, 1.807) is 0 Å². The molecule has 2 rings (SSSR count). The third kappa shape index (κ3) is 4.64. The minimum Gasteiger partial charge on any atom is -0.388 e.